The normalized spacial score (nSPS) is 27.6. The fraction of sp³-hybridized carbons (Fsp3) is 0.450. The van der Waals surface area contributed by atoms with E-state index in [0.717, 1.165) is 4.57 Å². The maximum absolute atomic E-state index is 15.3. The number of Topliss-reactive ketones (excluding diaryl/α,β-unsaturated/α-hetero) is 1. The number of para-hydroxylation sites is 1. The van der Waals surface area contributed by atoms with Gasteiger partial charge in [0.1, 0.15) is 29.6 Å². The van der Waals surface area contributed by atoms with Crippen molar-refractivity contribution in [3.8, 4) is 5.75 Å². The number of nitrogens with zero attached hydrogens (tertiary/aromatic N) is 2. The van der Waals surface area contributed by atoms with Crippen LogP contribution in [0.25, 0.3) is 0 Å². The van der Waals surface area contributed by atoms with Gasteiger partial charge in [-0.25, -0.2) is 13.8 Å². The lowest BCUT2D eigenvalue weighted by Crippen LogP contribution is -2.40. The zero-order valence-corrected chi connectivity index (χ0v) is 20.3. The number of aliphatic hydroxyl groups is 1. The molecule has 6 atom stereocenters. The number of benzene rings is 1. The van der Waals surface area contributed by atoms with Gasteiger partial charge in [0, 0.05) is 12.1 Å². The summed E-state index contributed by atoms with van der Waals surface area (Å²) in [6.07, 6.45) is -3.79. The van der Waals surface area contributed by atoms with Gasteiger partial charge in [-0.3, -0.25) is 13.9 Å². The SMILES string of the molecule is CC(=O)[C@H](C)CP(=O)(OC[C@H]1O[C@@H](n2ccc(N)nc2=O)C(F)(Br)[C@H]1O)Oc1ccccc1. The third-order valence-corrected chi connectivity index (χ3v) is 7.99. The number of nitrogens with two attached hydrogens (primary N) is 1. The van der Waals surface area contributed by atoms with Gasteiger partial charge in [0.25, 0.3) is 0 Å². The second-order valence-electron chi connectivity index (χ2n) is 7.69. The molecule has 1 fully saturated rings. The Labute approximate surface area is 197 Å². The Balaban J connectivity index is 1.80. The van der Waals surface area contributed by atoms with Crippen LogP contribution in [-0.4, -0.2) is 50.0 Å². The molecular weight excluding hydrogens is 524 g/mol. The van der Waals surface area contributed by atoms with Gasteiger partial charge in [-0.1, -0.05) is 25.1 Å². The lowest BCUT2D eigenvalue weighted by molar-refractivity contribution is -0.119. The number of hydrogen-bond donors (Lipinski definition) is 2. The zero-order valence-electron chi connectivity index (χ0n) is 17.8. The summed E-state index contributed by atoms with van der Waals surface area (Å²) in [4.78, 5) is 27.4. The van der Waals surface area contributed by atoms with E-state index in [1.54, 1.807) is 37.3 Å². The number of halogens is 2. The molecule has 2 aromatic rings. The van der Waals surface area contributed by atoms with Crippen molar-refractivity contribution in [3.05, 3.63) is 53.1 Å². The van der Waals surface area contributed by atoms with Gasteiger partial charge in [0.2, 0.25) is 4.58 Å². The van der Waals surface area contributed by atoms with Crippen LogP contribution in [0, 0.1) is 5.92 Å². The molecule has 3 rings (SSSR count). The fourth-order valence-corrected chi connectivity index (χ4v) is 5.72. The fourth-order valence-electron chi connectivity index (χ4n) is 3.12. The quantitative estimate of drug-likeness (QED) is 0.357. The maximum atomic E-state index is 15.3. The van der Waals surface area contributed by atoms with Crippen LogP contribution < -0.4 is 15.9 Å². The number of alkyl halides is 2. The third kappa shape index (κ3) is 5.88. The molecule has 1 aromatic carbocycles. The Hall–Kier alpha value is -2.11. The predicted molar refractivity (Wildman–Crippen MR) is 121 cm³/mol. The molecule has 10 nitrogen and oxygen atoms in total. The molecule has 0 radical (unpaired) electrons. The number of carbonyl (C=O) groups excluding carboxylic acids is 1. The molecule has 0 spiro atoms. The molecule has 2 unspecified atom stereocenters. The standard InChI is InChI=1S/C20H24BrFN3O7P/c1-12(13(2)26)11-33(29,32-14-6-4-3-5-7-14)30-10-15-17(27)20(21,22)18(31-15)25-9-8-16(23)24-19(25)28/h3-9,12,15,17-18,27H,10-11H2,1-2H3,(H2,23,24,28)/t12-,15-,17+,18-,20?,33?/m1/s1. The van der Waals surface area contributed by atoms with Gasteiger partial charge >= 0.3 is 13.3 Å². The first-order valence-corrected chi connectivity index (χ1v) is 12.5. The summed E-state index contributed by atoms with van der Waals surface area (Å²) in [5.41, 5.74) is 4.57. The van der Waals surface area contributed by atoms with Crippen molar-refractivity contribution < 1.29 is 32.6 Å². The summed E-state index contributed by atoms with van der Waals surface area (Å²) in [5.74, 6) is -0.668. The van der Waals surface area contributed by atoms with Gasteiger partial charge in [-0.15, -0.1) is 0 Å². The molecule has 1 saturated heterocycles. The second-order valence-corrected chi connectivity index (χ2v) is 10.9. The first-order valence-electron chi connectivity index (χ1n) is 9.97. The van der Waals surface area contributed by atoms with E-state index in [4.69, 9.17) is 19.5 Å². The number of hydrogen-bond acceptors (Lipinski definition) is 9. The number of aromatic nitrogens is 2. The van der Waals surface area contributed by atoms with Gasteiger partial charge in [-0.2, -0.15) is 4.98 Å². The van der Waals surface area contributed by atoms with E-state index in [-0.39, 0.29) is 23.5 Å². The minimum Gasteiger partial charge on any atom is -0.424 e. The van der Waals surface area contributed by atoms with Crippen LogP contribution in [-0.2, 0) is 18.6 Å². The van der Waals surface area contributed by atoms with Crippen molar-refractivity contribution in [3.63, 3.8) is 0 Å². The van der Waals surface area contributed by atoms with E-state index < -0.39 is 48.8 Å². The first kappa shape index (κ1) is 25.5. The summed E-state index contributed by atoms with van der Waals surface area (Å²) in [6, 6.07) is 9.49. The lowest BCUT2D eigenvalue weighted by Gasteiger charge is -2.24. The number of nitrogen functional groups attached to an aromatic ring is 1. The zero-order chi connectivity index (χ0) is 24.4. The van der Waals surface area contributed by atoms with Gasteiger partial charge in [0.15, 0.2) is 6.23 Å². The Morgan fingerprint density at radius 3 is 2.70 bits per heavy atom. The third-order valence-electron chi connectivity index (χ3n) is 5.10. The Kier molecular flexibility index (Phi) is 7.75. The number of rotatable bonds is 9. The topological polar surface area (TPSA) is 143 Å². The molecule has 3 N–H and O–H groups in total. The average Bonchev–Trinajstić information content (AvgIpc) is 2.96. The number of ketones is 1. The van der Waals surface area contributed by atoms with Crippen molar-refractivity contribution in [2.45, 2.75) is 36.9 Å². The summed E-state index contributed by atoms with van der Waals surface area (Å²) in [7, 11) is -3.93. The highest BCUT2D eigenvalue weighted by atomic mass is 79.9. The van der Waals surface area contributed by atoms with Crippen LogP contribution in [0.3, 0.4) is 0 Å². The van der Waals surface area contributed by atoms with Crippen LogP contribution in [0.15, 0.2) is 47.4 Å². The van der Waals surface area contributed by atoms with Gasteiger partial charge in [0.05, 0.1) is 12.8 Å². The minimum atomic E-state index is -3.93. The van der Waals surface area contributed by atoms with Crippen molar-refractivity contribution >= 4 is 35.1 Å². The average molecular weight is 548 g/mol. The van der Waals surface area contributed by atoms with E-state index in [1.807, 2.05) is 0 Å². The first-order chi connectivity index (χ1) is 15.4. The van der Waals surface area contributed by atoms with Crippen LogP contribution in [0.5, 0.6) is 5.75 Å². The van der Waals surface area contributed by atoms with Crippen LogP contribution >= 0.6 is 23.5 Å². The van der Waals surface area contributed by atoms with E-state index >= 15 is 4.39 Å². The molecule has 2 heterocycles. The summed E-state index contributed by atoms with van der Waals surface area (Å²) in [5, 5.41) is 10.5. The highest BCUT2D eigenvalue weighted by Gasteiger charge is 2.57. The molecule has 1 aliphatic heterocycles. The number of anilines is 1. The Bertz CT molecular complexity index is 1100. The van der Waals surface area contributed by atoms with Crippen molar-refractivity contribution in [2.75, 3.05) is 18.5 Å². The van der Waals surface area contributed by atoms with E-state index in [1.165, 1.54) is 19.2 Å². The number of ether oxygens (including phenoxy) is 1. The molecule has 1 aromatic heterocycles. The number of carbonyl (C=O) groups is 1. The minimum absolute atomic E-state index is 0.0627. The molecule has 13 heteroatoms. The molecule has 0 amide bonds. The predicted octanol–water partition coefficient (Wildman–Crippen LogP) is 2.66. The van der Waals surface area contributed by atoms with Crippen LogP contribution in [0.1, 0.15) is 20.1 Å². The Morgan fingerprint density at radius 2 is 2.09 bits per heavy atom. The molecule has 0 saturated carbocycles. The van der Waals surface area contributed by atoms with Crippen molar-refractivity contribution in [1.29, 1.82) is 0 Å². The summed E-state index contributed by atoms with van der Waals surface area (Å²) < 4.78 is 43.6. The summed E-state index contributed by atoms with van der Waals surface area (Å²) in [6.45, 7) is 2.39. The number of aliphatic hydroxyl groups excluding tert-OH is 1. The highest BCUT2D eigenvalue weighted by Crippen LogP contribution is 2.52. The van der Waals surface area contributed by atoms with Crippen molar-refractivity contribution in [1.82, 2.24) is 9.55 Å². The van der Waals surface area contributed by atoms with E-state index in [2.05, 4.69) is 20.9 Å². The highest BCUT2D eigenvalue weighted by molar-refractivity contribution is 9.10. The second kappa shape index (κ2) is 10.0. The molecule has 0 bridgehead atoms. The molecule has 180 valence electrons. The molecule has 1 aliphatic rings. The van der Waals surface area contributed by atoms with E-state index in [9.17, 15) is 19.3 Å². The maximum Gasteiger partial charge on any atom is 0.379 e. The monoisotopic (exact) mass is 547 g/mol. The molecular formula is C20H24BrFN3O7P. The lowest BCUT2D eigenvalue weighted by atomic mass is 10.1. The van der Waals surface area contributed by atoms with E-state index in [0.29, 0.717) is 0 Å². The van der Waals surface area contributed by atoms with Crippen LogP contribution in [0.2, 0.25) is 0 Å². The molecule has 33 heavy (non-hydrogen) atoms. The largest absolute Gasteiger partial charge is 0.424 e. The van der Waals surface area contributed by atoms with Crippen molar-refractivity contribution in [2.24, 2.45) is 5.92 Å². The summed E-state index contributed by atoms with van der Waals surface area (Å²) >= 11 is 2.78. The molecule has 0 aliphatic carbocycles. The van der Waals surface area contributed by atoms with Crippen LogP contribution in [0.4, 0.5) is 10.2 Å². The smallest absolute Gasteiger partial charge is 0.379 e. The Morgan fingerprint density at radius 1 is 1.42 bits per heavy atom. The van der Waals surface area contributed by atoms with Gasteiger partial charge < -0.3 is 20.1 Å². The van der Waals surface area contributed by atoms with Gasteiger partial charge in [-0.05, 0) is 41.1 Å².